The van der Waals surface area contributed by atoms with Gasteiger partial charge in [-0.05, 0) is 24.5 Å². The highest BCUT2D eigenvalue weighted by molar-refractivity contribution is 5.91. The molecule has 0 bridgehead atoms. The number of hydrogen-bond acceptors (Lipinski definition) is 5. The van der Waals surface area contributed by atoms with Crippen molar-refractivity contribution in [1.82, 2.24) is 10.6 Å². The highest BCUT2D eigenvalue weighted by atomic mass is 19.1. The minimum Gasteiger partial charge on any atom is -0.466 e. The average Bonchev–Trinajstić information content (AvgIpc) is 2.60. The smallest absolute Gasteiger partial charge is 0.306 e. The molecule has 1 aromatic carbocycles. The van der Waals surface area contributed by atoms with Gasteiger partial charge in [-0.1, -0.05) is 25.1 Å². The minimum absolute atomic E-state index is 0.115. The largest absolute Gasteiger partial charge is 0.466 e. The van der Waals surface area contributed by atoms with Crippen LogP contribution in [0.1, 0.15) is 32.8 Å². The number of nitrogens with one attached hydrogen (secondary N) is 2. The first-order chi connectivity index (χ1) is 13.1. The second-order valence-corrected chi connectivity index (χ2v) is 6.42. The second-order valence-electron chi connectivity index (χ2n) is 6.42. The molecule has 3 amide bonds. The lowest BCUT2D eigenvalue weighted by Gasteiger charge is -2.25. The molecule has 0 heterocycles. The van der Waals surface area contributed by atoms with Crippen LogP contribution in [0.3, 0.4) is 0 Å². The Labute approximate surface area is 163 Å². The number of primary amides is 1. The van der Waals surface area contributed by atoms with E-state index in [-0.39, 0.29) is 25.0 Å². The fourth-order valence-electron chi connectivity index (χ4n) is 2.69. The van der Waals surface area contributed by atoms with Gasteiger partial charge in [-0.3, -0.25) is 19.2 Å². The molecule has 1 aromatic rings. The molecule has 0 aromatic heterocycles. The summed E-state index contributed by atoms with van der Waals surface area (Å²) in [7, 11) is 0. The molecular weight excluding hydrogens is 369 g/mol. The minimum atomic E-state index is -1.16. The maximum absolute atomic E-state index is 13.9. The summed E-state index contributed by atoms with van der Waals surface area (Å²) < 4.78 is 18.8. The number of benzene rings is 1. The molecule has 0 fully saturated rings. The molecule has 0 saturated carbocycles. The van der Waals surface area contributed by atoms with Gasteiger partial charge in [-0.25, -0.2) is 4.39 Å². The first kappa shape index (κ1) is 23.1. The molecule has 3 atom stereocenters. The maximum Gasteiger partial charge on any atom is 0.306 e. The van der Waals surface area contributed by atoms with Crippen LogP contribution in [0.2, 0.25) is 0 Å². The molecule has 28 heavy (non-hydrogen) atoms. The van der Waals surface area contributed by atoms with Crippen molar-refractivity contribution in [3.8, 4) is 0 Å². The zero-order chi connectivity index (χ0) is 21.3. The van der Waals surface area contributed by atoms with E-state index in [1.807, 2.05) is 0 Å². The molecular formula is C19H26FN3O5. The van der Waals surface area contributed by atoms with Gasteiger partial charge in [0.05, 0.1) is 13.0 Å². The predicted molar refractivity (Wildman–Crippen MR) is 99.2 cm³/mol. The molecule has 0 spiro atoms. The summed E-state index contributed by atoms with van der Waals surface area (Å²) >= 11 is 0. The molecule has 9 heteroatoms. The topological polar surface area (TPSA) is 128 Å². The SMILES string of the molecule is CCOC(=O)C[C@@H](C)[C@@H](NC(=O)[C@@H](Cc1ccccc1F)NC(C)=O)C(N)=O. The number of esters is 1. The number of amides is 3. The number of carbonyl (C=O) groups excluding carboxylic acids is 4. The van der Waals surface area contributed by atoms with Gasteiger partial charge >= 0.3 is 5.97 Å². The van der Waals surface area contributed by atoms with Crippen molar-refractivity contribution in [2.75, 3.05) is 6.61 Å². The maximum atomic E-state index is 13.9. The molecule has 0 radical (unpaired) electrons. The summed E-state index contributed by atoms with van der Waals surface area (Å²) in [6, 6.07) is 3.57. The number of ether oxygens (including phenoxy) is 1. The Bertz CT molecular complexity index is 725. The molecule has 0 saturated heterocycles. The number of hydrogen-bond donors (Lipinski definition) is 3. The van der Waals surface area contributed by atoms with Crippen molar-refractivity contribution in [3.63, 3.8) is 0 Å². The summed E-state index contributed by atoms with van der Waals surface area (Å²) in [4.78, 5) is 47.5. The predicted octanol–water partition coefficient (Wildman–Crippen LogP) is 0.432. The standard InChI is InChI=1S/C19H26FN3O5/c1-4-28-16(25)9-11(2)17(18(21)26)23-19(27)15(22-12(3)24)10-13-7-5-6-8-14(13)20/h5-8,11,15,17H,4,9-10H2,1-3H3,(H2,21,26)(H,22,24)(H,23,27)/t11-,15-,17-/m1/s1. The molecule has 1 rings (SSSR count). The highest BCUT2D eigenvalue weighted by Crippen LogP contribution is 2.12. The number of nitrogens with two attached hydrogens (primary N) is 1. The van der Waals surface area contributed by atoms with E-state index in [4.69, 9.17) is 10.5 Å². The van der Waals surface area contributed by atoms with Crippen LogP contribution in [0.15, 0.2) is 24.3 Å². The van der Waals surface area contributed by atoms with Gasteiger partial charge in [-0.15, -0.1) is 0 Å². The quantitative estimate of drug-likeness (QED) is 0.495. The fourth-order valence-corrected chi connectivity index (χ4v) is 2.69. The van der Waals surface area contributed by atoms with Crippen molar-refractivity contribution in [3.05, 3.63) is 35.6 Å². The van der Waals surface area contributed by atoms with E-state index in [9.17, 15) is 23.6 Å². The molecule has 0 unspecified atom stereocenters. The Morgan fingerprint density at radius 2 is 1.82 bits per heavy atom. The van der Waals surface area contributed by atoms with Crippen LogP contribution in [0.5, 0.6) is 0 Å². The normalized spacial score (nSPS) is 13.7. The van der Waals surface area contributed by atoms with Gasteiger partial charge in [0.1, 0.15) is 17.9 Å². The molecule has 0 aliphatic carbocycles. The number of halogens is 1. The first-order valence-electron chi connectivity index (χ1n) is 8.91. The zero-order valence-corrected chi connectivity index (χ0v) is 16.2. The van der Waals surface area contributed by atoms with Crippen LogP contribution < -0.4 is 16.4 Å². The third-order valence-corrected chi connectivity index (χ3v) is 4.04. The second kappa shape index (κ2) is 11.0. The average molecular weight is 395 g/mol. The van der Waals surface area contributed by atoms with Gasteiger partial charge in [0.2, 0.25) is 17.7 Å². The lowest BCUT2D eigenvalue weighted by atomic mass is 9.96. The lowest BCUT2D eigenvalue weighted by molar-refractivity contribution is -0.145. The molecule has 0 aliphatic heterocycles. The summed E-state index contributed by atoms with van der Waals surface area (Å²) in [5.74, 6) is -3.72. The van der Waals surface area contributed by atoms with Crippen molar-refractivity contribution in [1.29, 1.82) is 0 Å². The van der Waals surface area contributed by atoms with Gasteiger partial charge in [0.25, 0.3) is 0 Å². The Hall–Kier alpha value is -2.97. The summed E-state index contributed by atoms with van der Waals surface area (Å²) in [5.41, 5.74) is 5.59. The van der Waals surface area contributed by atoms with Gasteiger partial charge < -0.3 is 21.1 Å². The Morgan fingerprint density at radius 3 is 2.36 bits per heavy atom. The third kappa shape index (κ3) is 7.34. The van der Waals surface area contributed by atoms with Crippen LogP contribution in [0, 0.1) is 11.7 Å². The third-order valence-electron chi connectivity index (χ3n) is 4.04. The molecule has 4 N–H and O–H groups in total. The van der Waals surface area contributed by atoms with E-state index in [0.29, 0.717) is 0 Å². The lowest BCUT2D eigenvalue weighted by Crippen LogP contribution is -2.55. The van der Waals surface area contributed by atoms with E-state index in [1.165, 1.54) is 25.1 Å². The van der Waals surface area contributed by atoms with E-state index in [2.05, 4.69) is 10.6 Å². The monoisotopic (exact) mass is 395 g/mol. The van der Waals surface area contributed by atoms with Gasteiger partial charge in [0, 0.05) is 13.3 Å². The molecule has 154 valence electrons. The zero-order valence-electron chi connectivity index (χ0n) is 16.2. The van der Waals surface area contributed by atoms with Crippen molar-refractivity contribution in [2.45, 2.75) is 45.7 Å². The van der Waals surface area contributed by atoms with Gasteiger partial charge in [0.15, 0.2) is 0 Å². The summed E-state index contributed by atoms with van der Waals surface area (Å²) in [5, 5.41) is 4.89. The van der Waals surface area contributed by atoms with E-state index in [1.54, 1.807) is 19.9 Å². The number of carbonyl (C=O) groups is 4. The van der Waals surface area contributed by atoms with E-state index >= 15 is 0 Å². The first-order valence-corrected chi connectivity index (χ1v) is 8.91. The Balaban J connectivity index is 2.93. The van der Waals surface area contributed by atoms with Crippen molar-refractivity contribution in [2.24, 2.45) is 11.7 Å². The van der Waals surface area contributed by atoms with Crippen LogP contribution in [0.25, 0.3) is 0 Å². The van der Waals surface area contributed by atoms with Crippen molar-refractivity contribution >= 4 is 23.7 Å². The van der Waals surface area contributed by atoms with E-state index < -0.39 is 47.5 Å². The molecule has 8 nitrogen and oxygen atoms in total. The van der Waals surface area contributed by atoms with Crippen LogP contribution in [-0.4, -0.2) is 42.4 Å². The summed E-state index contributed by atoms with van der Waals surface area (Å²) in [6.45, 7) is 4.62. The van der Waals surface area contributed by atoms with Gasteiger partial charge in [-0.2, -0.15) is 0 Å². The Kier molecular flexibility index (Phi) is 9.07. The van der Waals surface area contributed by atoms with Crippen LogP contribution in [-0.2, 0) is 30.3 Å². The van der Waals surface area contributed by atoms with E-state index in [0.717, 1.165) is 0 Å². The number of rotatable bonds is 10. The molecule has 0 aliphatic rings. The van der Waals surface area contributed by atoms with Crippen LogP contribution >= 0.6 is 0 Å². The highest BCUT2D eigenvalue weighted by Gasteiger charge is 2.30. The van der Waals surface area contributed by atoms with Crippen LogP contribution in [0.4, 0.5) is 4.39 Å². The Morgan fingerprint density at radius 1 is 1.18 bits per heavy atom. The fraction of sp³-hybridized carbons (Fsp3) is 0.474. The summed E-state index contributed by atoms with van der Waals surface area (Å²) in [6.07, 6.45) is -0.240. The van der Waals surface area contributed by atoms with Crippen molar-refractivity contribution < 1.29 is 28.3 Å².